The van der Waals surface area contributed by atoms with Gasteiger partial charge >= 0.3 is 0 Å². The zero-order valence-electron chi connectivity index (χ0n) is 14.3. The van der Waals surface area contributed by atoms with Crippen molar-refractivity contribution < 1.29 is 18.3 Å². The van der Waals surface area contributed by atoms with E-state index in [-0.39, 0.29) is 17.2 Å². The Morgan fingerprint density at radius 2 is 1.85 bits per heavy atom. The van der Waals surface area contributed by atoms with E-state index in [1.165, 1.54) is 6.07 Å². The van der Waals surface area contributed by atoms with Crippen molar-refractivity contribution in [2.75, 3.05) is 12.8 Å². The minimum absolute atomic E-state index is 0.0277. The van der Waals surface area contributed by atoms with Crippen molar-refractivity contribution in [2.45, 2.75) is 29.9 Å². The van der Waals surface area contributed by atoms with Crippen LogP contribution in [0.4, 0.5) is 0 Å². The molecule has 2 atom stereocenters. The van der Waals surface area contributed by atoms with Gasteiger partial charge in [0, 0.05) is 17.8 Å². The molecule has 3 rings (SSSR count). The number of nitrogens with zero attached hydrogens (tertiary/aromatic N) is 1. The molecule has 0 radical (unpaired) electrons. The Labute approximate surface area is 158 Å². The number of halogens is 1. The molecule has 1 N–H and O–H groups in total. The molecular weight excluding hydrogens is 374 g/mol. The van der Waals surface area contributed by atoms with Crippen LogP contribution in [0.2, 0.25) is 5.02 Å². The Hall–Kier alpha value is -1.89. The SMILES string of the molecule is CS(=O)(=O)c1ccccc1CC(=O)N1CC[C@@H](O)[C@H]1c1ccc(Cl)cc1. The topological polar surface area (TPSA) is 74.7 Å². The first-order valence-corrected chi connectivity index (χ1v) is 10.6. The molecule has 0 spiro atoms. The first kappa shape index (κ1) is 18.9. The monoisotopic (exact) mass is 393 g/mol. The number of benzene rings is 2. The first-order chi connectivity index (χ1) is 12.3. The smallest absolute Gasteiger partial charge is 0.227 e. The second-order valence-electron chi connectivity index (χ2n) is 6.50. The van der Waals surface area contributed by atoms with Gasteiger partial charge in [-0.3, -0.25) is 4.79 Å². The van der Waals surface area contributed by atoms with Gasteiger partial charge in [0.25, 0.3) is 0 Å². The van der Waals surface area contributed by atoms with E-state index in [0.717, 1.165) is 11.8 Å². The second-order valence-corrected chi connectivity index (χ2v) is 8.92. The van der Waals surface area contributed by atoms with Gasteiger partial charge in [-0.05, 0) is 35.7 Å². The standard InChI is InChI=1S/C19H20ClNO4S/c1-26(24,25)17-5-3-2-4-14(17)12-18(23)21-11-10-16(22)19(21)13-6-8-15(20)9-7-13/h2-9,16,19,22H,10-12H2,1H3/t16-,19-/m1/s1. The highest BCUT2D eigenvalue weighted by atomic mass is 35.5. The quantitative estimate of drug-likeness (QED) is 0.866. The summed E-state index contributed by atoms with van der Waals surface area (Å²) in [6, 6.07) is 13.1. The summed E-state index contributed by atoms with van der Waals surface area (Å²) < 4.78 is 23.9. The maximum Gasteiger partial charge on any atom is 0.227 e. The molecule has 0 bridgehead atoms. The molecule has 0 unspecified atom stereocenters. The minimum atomic E-state index is -3.42. The van der Waals surface area contributed by atoms with Crippen molar-refractivity contribution in [1.82, 2.24) is 4.90 Å². The zero-order valence-corrected chi connectivity index (χ0v) is 15.9. The predicted molar refractivity (Wildman–Crippen MR) is 99.8 cm³/mol. The van der Waals surface area contributed by atoms with Crippen molar-refractivity contribution in [1.29, 1.82) is 0 Å². The Balaban J connectivity index is 1.87. The summed E-state index contributed by atoms with van der Waals surface area (Å²) in [5, 5.41) is 10.9. The third-order valence-corrected chi connectivity index (χ3v) is 6.06. The fourth-order valence-electron chi connectivity index (χ4n) is 3.39. The molecule has 2 aromatic carbocycles. The third-order valence-electron chi connectivity index (χ3n) is 4.61. The molecule has 2 aromatic rings. The van der Waals surface area contributed by atoms with Crippen molar-refractivity contribution in [3.8, 4) is 0 Å². The number of carbonyl (C=O) groups is 1. The highest BCUT2D eigenvalue weighted by Crippen LogP contribution is 2.33. The lowest BCUT2D eigenvalue weighted by Crippen LogP contribution is -2.34. The van der Waals surface area contributed by atoms with Crippen LogP contribution in [-0.4, -0.2) is 43.2 Å². The molecule has 1 aliphatic rings. The Kier molecular flexibility index (Phi) is 5.37. The molecule has 0 aliphatic carbocycles. The number of rotatable bonds is 4. The van der Waals surface area contributed by atoms with Crippen LogP contribution in [0.25, 0.3) is 0 Å². The number of aliphatic hydroxyl groups excluding tert-OH is 1. The maximum atomic E-state index is 12.9. The van der Waals surface area contributed by atoms with Crippen molar-refractivity contribution in [3.05, 3.63) is 64.7 Å². The van der Waals surface area contributed by atoms with E-state index in [1.807, 2.05) is 0 Å². The van der Waals surface area contributed by atoms with Crippen molar-refractivity contribution in [2.24, 2.45) is 0 Å². The van der Waals surface area contributed by atoms with E-state index in [1.54, 1.807) is 47.4 Å². The van der Waals surface area contributed by atoms with E-state index in [4.69, 9.17) is 11.6 Å². The molecule has 7 heteroatoms. The van der Waals surface area contributed by atoms with Gasteiger partial charge in [0.1, 0.15) is 0 Å². The van der Waals surface area contributed by atoms with Crippen LogP contribution in [0, 0.1) is 0 Å². The average molecular weight is 394 g/mol. The molecule has 0 saturated carbocycles. The lowest BCUT2D eigenvalue weighted by atomic mass is 10.0. The largest absolute Gasteiger partial charge is 0.391 e. The van der Waals surface area contributed by atoms with Crippen LogP contribution in [0.5, 0.6) is 0 Å². The highest BCUT2D eigenvalue weighted by molar-refractivity contribution is 7.90. The van der Waals surface area contributed by atoms with Gasteiger partial charge in [-0.1, -0.05) is 41.9 Å². The van der Waals surface area contributed by atoms with Gasteiger partial charge in [-0.2, -0.15) is 0 Å². The number of hydrogen-bond acceptors (Lipinski definition) is 4. The average Bonchev–Trinajstić information content (AvgIpc) is 2.97. The van der Waals surface area contributed by atoms with Crippen molar-refractivity contribution >= 4 is 27.3 Å². The number of amides is 1. The van der Waals surface area contributed by atoms with Gasteiger partial charge in [0.2, 0.25) is 5.91 Å². The number of hydrogen-bond donors (Lipinski definition) is 1. The Bertz CT molecular complexity index is 911. The highest BCUT2D eigenvalue weighted by Gasteiger charge is 2.37. The fourth-order valence-corrected chi connectivity index (χ4v) is 4.46. The summed E-state index contributed by atoms with van der Waals surface area (Å²) in [5.74, 6) is -0.211. The lowest BCUT2D eigenvalue weighted by molar-refractivity contribution is -0.132. The number of likely N-dealkylation sites (tertiary alicyclic amines) is 1. The van der Waals surface area contributed by atoms with E-state index in [9.17, 15) is 18.3 Å². The van der Waals surface area contributed by atoms with Gasteiger partial charge in [-0.25, -0.2) is 8.42 Å². The van der Waals surface area contributed by atoms with Crippen LogP contribution in [-0.2, 0) is 21.1 Å². The van der Waals surface area contributed by atoms with Crippen LogP contribution in [0.1, 0.15) is 23.6 Å². The number of aliphatic hydroxyl groups is 1. The normalized spacial score (nSPS) is 20.3. The van der Waals surface area contributed by atoms with E-state index >= 15 is 0 Å². The molecule has 1 heterocycles. The van der Waals surface area contributed by atoms with Crippen LogP contribution < -0.4 is 0 Å². The second kappa shape index (κ2) is 7.39. The van der Waals surface area contributed by atoms with Crippen LogP contribution in [0.15, 0.2) is 53.4 Å². The molecule has 0 aromatic heterocycles. The number of sulfone groups is 1. The summed E-state index contributed by atoms with van der Waals surface area (Å²) in [5.41, 5.74) is 1.28. The molecule has 1 aliphatic heterocycles. The summed E-state index contributed by atoms with van der Waals surface area (Å²) in [6.07, 6.45) is 0.921. The van der Waals surface area contributed by atoms with E-state index in [0.29, 0.717) is 23.6 Å². The van der Waals surface area contributed by atoms with Crippen LogP contribution in [0.3, 0.4) is 0 Å². The molecule has 26 heavy (non-hydrogen) atoms. The van der Waals surface area contributed by atoms with Gasteiger partial charge < -0.3 is 10.0 Å². The van der Waals surface area contributed by atoms with Crippen molar-refractivity contribution in [3.63, 3.8) is 0 Å². The summed E-state index contributed by atoms with van der Waals surface area (Å²) in [7, 11) is -3.42. The molecular formula is C19H20ClNO4S. The fraction of sp³-hybridized carbons (Fsp3) is 0.316. The van der Waals surface area contributed by atoms with Gasteiger partial charge in [-0.15, -0.1) is 0 Å². The molecule has 5 nitrogen and oxygen atoms in total. The first-order valence-electron chi connectivity index (χ1n) is 8.28. The summed E-state index contributed by atoms with van der Waals surface area (Å²) in [4.78, 5) is 14.7. The summed E-state index contributed by atoms with van der Waals surface area (Å²) in [6.45, 7) is 0.425. The molecule has 1 fully saturated rings. The maximum absolute atomic E-state index is 12.9. The third kappa shape index (κ3) is 3.92. The molecule has 1 saturated heterocycles. The number of carbonyl (C=O) groups excluding carboxylic acids is 1. The summed E-state index contributed by atoms with van der Waals surface area (Å²) >= 11 is 5.92. The van der Waals surface area contributed by atoms with Gasteiger partial charge in [0.15, 0.2) is 9.84 Å². The Morgan fingerprint density at radius 1 is 1.19 bits per heavy atom. The zero-order chi connectivity index (χ0) is 18.9. The minimum Gasteiger partial charge on any atom is -0.391 e. The van der Waals surface area contributed by atoms with Gasteiger partial charge in [0.05, 0.1) is 23.5 Å². The van der Waals surface area contributed by atoms with E-state index in [2.05, 4.69) is 0 Å². The Morgan fingerprint density at radius 3 is 2.50 bits per heavy atom. The lowest BCUT2D eigenvalue weighted by Gasteiger charge is -2.27. The predicted octanol–water partition coefficient (Wildman–Crippen LogP) is 2.62. The van der Waals surface area contributed by atoms with E-state index < -0.39 is 22.0 Å². The van der Waals surface area contributed by atoms with Crippen LogP contribution >= 0.6 is 11.6 Å². The molecule has 138 valence electrons. The molecule has 1 amide bonds.